The van der Waals surface area contributed by atoms with Crippen LogP contribution >= 0.6 is 0 Å². The lowest BCUT2D eigenvalue weighted by atomic mass is 9.47. The zero-order valence-electron chi connectivity index (χ0n) is 16.0. The van der Waals surface area contributed by atoms with Gasteiger partial charge in [0, 0.05) is 18.3 Å². The highest BCUT2D eigenvalue weighted by Crippen LogP contribution is 2.65. The Kier molecular flexibility index (Phi) is 4.12. The van der Waals surface area contributed by atoms with Gasteiger partial charge in [-0.25, -0.2) is 0 Å². The van der Waals surface area contributed by atoms with Gasteiger partial charge in [-0.05, 0) is 74.2 Å². The molecule has 0 aliphatic heterocycles. The van der Waals surface area contributed by atoms with Gasteiger partial charge in [-0.15, -0.1) is 0 Å². The fourth-order valence-electron chi connectivity index (χ4n) is 6.95. The molecule has 0 bridgehead atoms. The van der Waals surface area contributed by atoms with Gasteiger partial charge in [-0.1, -0.05) is 26.3 Å². The highest BCUT2D eigenvalue weighted by atomic mass is 16.5. The molecule has 0 saturated heterocycles. The second-order valence-electron chi connectivity index (χ2n) is 9.42. The summed E-state index contributed by atoms with van der Waals surface area (Å²) in [5.74, 6) is 2.41. The SMILES string of the molecule is CCC(=O)O[C@@H]1CC[C@@H]2[C@@H]3CCC4=CC(=O)CC[C@]4(C)[C@H]3CC[C@@]21C. The molecular formula is C22H32O3. The predicted molar refractivity (Wildman–Crippen MR) is 96.9 cm³/mol. The molecule has 3 nitrogen and oxygen atoms in total. The van der Waals surface area contributed by atoms with Crippen molar-refractivity contribution in [3.05, 3.63) is 11.6 Å². The zero-order valence-corrected chi connectivity index (χ0v) is 16.0. The summed E-state index contributed by atoms with van der Waals surface area (Å²) in [6, 6.07) is 0. The molecule has 0 amide bonds. The van der Waals surface area contributed by atoms with Crippen LogP contribution in [-0.2, 0) is 14.3 Å². The number of fused-ring (bicyclic) bond motifs is 5. The summed E-state index contributed by atoms with van der Waals surface area (Å²) in [6.07, 6.45) is 11.3. The van der Waals surface area contributed by atoms with E-state index in [4.69, 9.17) is 4.74 Å². The first-order valence-corrected chi connectivity index (χ1v) is 10.3. The van der Waals surface area contributed by atoms with E-state index in [1.165, 1.54) is 24.8 Å². The lowest BCUT2D eigenvalue weighted by Crippen LogP contribution is -2.51. The van der Waals surface area contributed by atoms with Crippen LogP contribution in [0, 0.1) is 28.6 Å². The third-order valence-electron chi connectivity index (χ3n) is 8.44. The monoisotopic (exact) mass is 344 g/mol. The van der Waals surface area contributed by atoms with Crippen LogP contribution < -0.4 is 0 Å². The quantitative estimate of drug-likeness (QED) is 0.673. The number of hydrogen-bond acceptors (Lipinski definition) is 3. The first-order chi connectivity index (χ1) is 11.9. The zero-order chi connectivity index (χ0) is 17.8. The van der Waals surface area contributed by atoms with Gasteiger partial charge >= 0.3 is 5.97 Å². The van der Waals surface area contributed by atoms with Crippen molar-refractivity contribution in [2.24, 2.45) is 28.6 Å². The highest BCUT2D eigenvalue weighted by Gasteiger charge is 2.59. The van der Waals surface area contributed by atoms with Crippen LogP contribution in [0.1, 0.15) is 78.6 Å². The van der Waals surface area contributed by atoms with Gasteiger partial charge in [0.2, 0.25) is 0 Å². The van der Waals surface area contributed by atoms with Crippen LogP contribution in [0.15, 0.2) is 11.6 Å². The van der Waals surface area contributed by atoms with Gasteiger partial charge in [-0.2, -0.15) is 0 Å². The normalized spacial score (nSPS) is 45.9. The second kappa shape index (κ2) is 5.96. The third-order valence-corrected chi connectivity index (χ3v) is 8.44. The minimum absolute atomic E-state index is 0.0411. The van der Waals surface area contributed by atoms with Crippen molar-refractivity contribution in [1.29, 1.82) is 0 Å². The topological polar surface area (TPSA) is 43.4 Å². The maximum atomic E-state index is 11.9. The van der Waals surface area contributed by atoms with Crippen molar-refractivity contribution >= 4 is 11.8 Å². The number of hydrogen-bond donors (Lipinski definition) is 0. The number of carbonyl (C=O) groups is 2. The van der Waals surface area contributed by atoms with Crippen LogP contribution in [0.4, 0.5) is 0 Å². The van der Waals surface area contributed by atoms with Gasteiger partial charge in [0.05, 0.1) is 0 Å². The predicted octanol–water partition coefficient (Wildman–Crippen LogP) is 4.84. The van der Waals surface area contributed by atoms with Gasteiger partial charge in [-0.3, -0.25) is 9.59 Å². The number of ketones is 1. The van der Waals surface area contributed by atoms with E-state index in [0.717, 1.165) is 38.0 Å². The maximum Gasteiger partial charge on any atom is 0.305 e. The summed E-state index contributed by atoms with van der Waals surface area (Å²) in [7, 11) is 0. The second-order valence-corrected chi connectivity index (χ2v) is 9.42. The van der Waals surface area contributed by atoms with E-state index in [1.807, 2.05) is 13.0 Å². The van der Waals surface area contributed by atoms with E-state index in [2.05, 4.69) is 13.8 Å². The van der Waals surface area contributed by atoms with E-state index in [1.54, 1.807) is 0 Å². The molecule has 138 valence electrons. The lowest BCUT2D eigenvalue weighted by Gasteiger charge is -2.57. The number of allylic oxidation sites excluding steroid dienone is 1. The van der Waals surface area contributed by atoms with Crippen LogP contribution in [0.5, 0.6) is 0 Å². The number of rotatable bonds is 2. The number of esters is 1. The summed E-state index contributed by atoms with van der Waals surface area (Å²) >= 11 is 0. The standard InChI is InChI=1S/C22H32O3/c1-4-20(24)25-19-8-7-17-16-6-5-14-13-15(23)9-11-21(14,2)18(16)10-12-22(17,19)3/h13,16-19H,4-12H2,1-3H3/t16-,17+,18-,19+,21-,22-/m0/s1. The molecule has 0 N–H and O–H groups in total. The van der Waals surface area contributed by atoms with E-state index in [9.17, 15) is 9.59 Å². The largest absolute Gasteiger partial charge is 0.462 e. The fraction of sp³-hybridized carbons (Fsp3) is 0.818. The Bertz CT molecular complexity index is 621. The molecule has 0 radical (unpaired) electrons. The third kappa shape index (κ3) is 2.52. The Balaban J connectivity index is 1.59. The molecule has 0 spiro atoms. The smallest absolute Gasteiger partial charge is 0.305 e. The van der Waals surface area contributed by atoms with Gasteiger partial charge in [0.1, 0.15) is 6.10 Å². The Labute approximate surface area is 151 Å². The van der Waals surface area contributed by atoms with Gasteiger partial charge in [0.25, 0.3) is 0 Å². The van der Waals surface area contributed by atoms with E-state index in [0.29, 0.717) is 24.0 Å². The van der Waals surface area contributed by atoms with Crippen molar-refractivity contribution in [3.8, 4) is 0 Å². The maximum absolute atomic E-state index is 11.9. The summed E-state index contributed by atoms with van der Waals surface area (Å²) in [5, 5.41) is 0. The summed E-state index contributed by atoms with van der Waals surface area (Å²) in [4.78, 5) is 23.8. The summed E-state index contributed by atoms with van der Waals surface area (Å²) in [5.41, 5.74) is 1.82. The molecule has 3 fully saturated rings. The Morgan fingerprint density at radius 3 is 2.68 bits per heavy atom. The number of ether oxygens (including phenoxy) is 1. The Hall–Kier alpha value is -1.12. The van der Waals surface area contributed by atoms with E-state index in [-0.39, 0.29) is 22.9 Å². The van der Waals surface area contributed by atoms with Crippen LogP contribution in [0.25, 0.3) is 0 Å². The first kappa shape index (κ1) is 17.3. The molecule has 0 unspecified atom stereocenters. The molecule has 4 rings (SSSR count). The first-order valence-electron chi connectivity index (χ1n) is 10.3. The molecule has 0 heterocycles. The molecule has 0 aromatic rings. The molecule has 6 atom stereocenters. The van der Waals surface area contributed by atoms with E-state index < -0.39 is 0 Å². The average Bonchev–Trinajstić information content (AvgIpc) is 2.92. The molecule has 0 aromatic heterocycles. The minimum atomic E-state index is -0.0411. The van der Waals surface area contributed by atoms with Gasteiger partial charge in [0.15, 0.2) is 5.78 Å². The van der Waals surface area contributed by atoms with Crippen molar-refractivity contribution in [3.63, 3.8) is 0 Å². The van der Waals surface area contributed by atoms with E-state index >= 15 is 0 Å². The molecular weight excluding hydrogens is 312 g/mol. The Morgan fingerprint density at radius 2 is 1.92 bits per heavy atom. The summed E-state index contributed by atoms with van der Waals surface area (Å²) < 4.78 is 5.86. The molecule has 4 aliphatic rings. The van der Waals surface area contributed by atoms with Crippen molar-refractivity contribution in [2.45, 2.75) is 84.7 Å². The lowest BCUT2D eigenvalue weighted by molar-refractivity contribution is -0.159. The van der Waals surface area contributed by atoms with Gasteiger partial charge < -0.3 is 4.74 Å². The van der Waals surface area contributed by atoms with Crippen molar-refractivity contribution < 1.29 is 14.3 Å². The molecule has 4 aliphatic carbocycles. The highest BCUT2D eigenvalue weighted by molar-refractivity contribution is 5.91. The van der Waals surface area contributed by atoms with Crippen molar-refractivity contribution in [2.75, 3.05) is 0 Å². The minimum Gasteiger partial charge on any atom is -0.462 e. The van der Waals surface area contributed by atoms with Crippen LogP contribution in [0.2, 0.25) is 0 Å². The average molecular weight is 344 g/mol. The summed E-state index contributed by atoms with van der Waals surface area (Å²) in [6.45, 7) is 6.69. The number of carbonyl (C=O) groups excluding carboxylic acids is 2. The van der Waals surface area contributed by atoms with Crippen molar-refractivity contribution in [1.82, 2.24) is 0 Å². The molecule has 3 saturated carbocycles. The fourth-order valence-corrected chi connectivity index (χ4v) is 6.95. The molecule has 3 heteroatoms. The van der Waals surface area contributed by atoms with Crippen LogP contribution in [-0.4, -0.2) is 17.9 Å². The molecule has 25 heavy (non-hydrogen) atoms. The molecule has 0 aromatic carbocycles. The van der Waals surface area contributed by atoms with Crippen LogP contribution in [0.3, 0.4) is 0 Å². The Morgan fingerprint density at radius 1 is 1.12 bits per heavy atom.